The van der Waals surface area contributed by atoms with Crippen LogP contribution in [0.25, 0.3) is 33.3 Å². The summed E-state index contributed by atoms with van der Waals surface area (Å²) in [6.45, 7) is 0. The molecule has 5 heteroatoms. The molecule has 2 heterocycles. The Morgan fingerprint density at radius 2 is 1.07 bits per heavy atom. The van der Waals surface area contributed by atoms with E-state index in [1.165, 1.54) is 4.48 Å². The minimum atomic E-state index is -2.77. The predicted octanol–water partition coefficient (Wildman–Crippen LogP) is 8.85. The molecule has 2 nitrogen and oxygen atoms in total. The third-order valence-corrected chi connectivity index (χ3v) is 7.41. The summed E-state index contributed by atoms with van der Waals surface area (Å²) >= 11 is 0. The topological polar surface area (TPSA) is 17.3 Å². The highest BCUT2D eigenvalue weighted by molar-refractivity contribution is 6.44. The van der Waals surface area contributed by atoms with E-state index in [4.69, 9.17) is 4.99 Å². The van der Waals surface area contributed by atoms with E-state index in [9.17, 15) is 0 Å². The quantitative estimate of drug-likeness (QED) is 0.202. The van der Waals surface area contributed by atoms with Crippen LogP contribution in [0.15, 0.2) is 145 Å². The van der Waals surface area contributed by atoms with Crippen LogP contribution in [0.4, 0.5) is 8.63 Å². The van der Waals surface area contributed by atoms with E-state index in [0.717, 1.165) is 44.3 Å². The van der Waals surface area contributed by atoms with Gasteiger partial charge in [-0.1, -0.05) is 140 Å². The molecule has 5 aromatic carbocycles. The first kappa shape index (κ1) is 24.0. The van der Waals surface area contributed by atoms with Crippen LogP contribution in [0.5, 0.6) is 0 Å². The second-order valence-corrected chi connectivity index (χ2v) is 9.72. The summed E-state index contributed by atoms with van der Waals surface area (Å²) in [6, 6.07) is 44.9. The molecule has 1 aliphatic rings. The Morgan fingerprint density at radius 1 is 0.550 bits per heavy atom. The Kier molecular flexibility index (Phi) is 5.97. The largest absolute Gasteiger partial charge is 0.678 e. The van der Waals surface area contributed by atoms with Gasteiger partial charge in [0.05, 0.1) is 17.1 Å². The van der Waals surface area contributed by atoms with Crippen molar-refractivity contribution in [3.63, 3.8) is 0 Å². The van der Waals surface area contributed by atoms with Crippen molar-refractivity contribution in [1.29, 1.82) is 0 Å². The van der Waals surface area contributed by atoms with Crippen LogP contribution in [-0.4, -0.2) is 17.6 Å². The molecule has 0 fully saturated rings. The van der Waals surface area contributed by atoms with Crippen LogP contribution in [0.2, 0.25) is 0 Å². The van der Waals surface area contributed by atoms with Gasteiger partial charge in [0.25, 0.3) is 0 Å². The smallest absolute Gasteiger partial charge is 0.324 e. The second-order valence-electron chi connectivity index (χ2n) is 9.72. The van der Waals surface area contributed by atoms with Gasteiger partial charge in [-0.2, -0.15) is 0 Å². The number of aromatic nitrogens is 1. The summed E-state index contributed by atoms with van der Waals surface area (Å²) in [5.41, 5.74) is 7.61. The molecule has 0 atom stereocenters. The van der Waals surface area contributed by atoms with Gasteiger partial charge in [-0.3, -0.25) is 8.63 Å². The summed E-state index contributed by atoms with van der Waals surface area (Å²) in [5, 5.41) is 1.53. The van der Waals surface area contributed by atoms with Gasteiger partial charge in [0.2, 0.25) is 0 Å². The number of halogens is 2. The van der Waals surface area contributed by atoms with E-state index in [2.05, 4.69) is 6.07 Å². The first-order chi connectivity index (χ1) is 19.7. The van der Waals surface area contributed by atoms with Crippen molar-refractivity contribution in [1.82, 2.24) is 4.48 Å². The monoisotopic (exact) mass is 520 g/mol. The molecular formula is C35H23BF2N2. The highest BCUT2D eigenvalue weighted by Crippen LogP contribution is 2.45. The molecule has 0 bridgehead atoms. The van der Waals surface area contributed by atoms with Crippen LogP contribution in [0, 0.1) is 0 Å². The van der Waals surface area contributed by atoms with Gasteiger partial charge in [-0.05, 0) is 11.1 Å². The normalized spacial score (nSPS) is 13.7. The second kappa shape index (κ2) is 9.94. The van der Waals surface area contributed by atoms with Crippen LogP contribution < -0.4 is 0 Å². The van der Waals surface area contributed by atoms with Gasteiger partial charge in [0.1, 0.15) is 0 Å². The number of nitrogens with zero attached hydrogens (tertiary/aromatic N) is 2. The molecule has 1 aromatic heterocycles. The number of aliphatic imine (C=N–C) groups is 1. The highest BCUT2D eigenvalue weighted by atomic mass is 19.2. The van der Waals surface area contributed by atoms with Gasteiger partial charge in [-0.25, -0.2) is 4.99 Å². The molecule has 0 aliphatic carbocycles. The fourth-order valence-corrected chi connectivity index (χ4v) is 5.73. The summed E-state index contributed by atoms with van der Waals surface area (Å²) in [6.07, 6.45) is 0. The minimum Gasteiger partial charge on any atom is -0.324 e. The third kappa shape index (κ3) is 3.90. The molecule has 40 heavy (non-hydrogen) atoms. The molecule has 0 saturated heterocycles. The Labute approximate surface area is 231 Å². The fourth-order valence-electron chi connectivity index (χ4n) is 5.73. The van der Waals surface area contributed by atoms with E-state index >= 15 is 8.63 Å². The molecule has 0 unspecified atom stereocenters. The molecule has 0 N–H and O–H groups in total. The first-order valence-corrected chi connectivity index (χ1v) is 13.2. The summed E-state index contributed by atoms with van der Waals surface area (Å²) in [4.78, 5) is 5.21. The SMILES string of the molecule is FB(F)n1c(/C(=C2\N=C(c3ccccc3)c3ccccc32)c2ccccc2)c2ccccc2c1-c1ccccc1. The van der Waals surface area contributed by atoms with Crippen molar-refractivity contribution in [2.24, 2.45) is 4.99 Å². The van der Waals surface area contributed by atoms with E-state index in [-0.39, 0.29) is 0 Å². The molecule has 0 radical (unpaired) electrons. The number of hydrogen-bond acceptors (Lipinski definition) is 1. The molecule has 7 rings (SSSR count). The van der Waals surface area contributed by atoms with Crippen molar-refractivity contribution >= 4 is 35.2 Å². The third-order valence-electron chi connectivity index (χ3n) is 7.41. The lowest BCUT2D eigenvalue weighted by Gasteiger charge is -2.16. The Balaban J connectivity index is 1.65. The molecule has 190 valence electrons. The predicted molar refractivity (Wildman–Crippen MR) is 162 cm³/mol. The Bertz CT molecular complexity index is 1910. The van der Waals surface area contributed by atoms with E-state index in [0.29, 0.717) is 22.7 Å². The van der Waals surface area contributed by atoms with Crippen molar-refractivity contribution in [2.75, 3.05) is 0 Å². The van der Waals surface area contributed by atoms with Crippen LogP contribution >= 0.6 is 0 Å². The minimum absolute atomic E-state index is 0.457. The number of hydrogen-bond donors (Lipinski definition) is 0. The van der Waals surface area contributed by atoms with E-state index in [1.54, 1.807) is 0 Å². The zero-order valence-electron chi connectivity index (χ0n) is 21.5. The van der Waals surface area contributed by atoms with Crippen LogP contribution in [-0.2, 0) is 0 Å². The van der Waals surface area contributed by atoms with Crippen molar-refractivity contribution in [2.45, 2.75) is 0 Å². The Morgan fingerprint density at radius 3 is 1.73 bits per heavy atom. The number of fused-ring (bicyclic) bond motifs is 2. The Hall–Kier alpha value is -5.03. The summed E-state index contributed by atoms with van der Waals surface area (Å²) in [5.74, 6) is 0. The molecule has 0 spiro atoms. The standard InChI is InChI=1S/C35H23BF2N2/c37-36(38)40-34(26-18-8-3-9-19-26)29-22-12-13-23-30(29)35(40)31(24-14-4-1-5-15-24)33-28-21-11-10-20-27(28)32(39-33)25-16-6-2-7-17-25/h1-23H/b33-31-. The lowest BCUT2D eigenvalue weighted by Crippen LogP contribution is -2.18. The average Bonchev–Trinajstić information content (AvgIpc) is 3.56. The van der Waals surface area contributed by atoms with Gasteiger partial charge in [0.15, 0.2) is 0 Å². The van der Waals surface area contributed by atoms with Gasteiger partial charge >= 0.3 is 7.40 Å². The lowest BCUT2D eigenvalue weighted by atomic mass is 9.92. The van der Waals surface area contributed by atoms with E-state index in [1.807, 2.05) is 133 Å². The highest BCUT2D eigenvalue weighted by Gasteiger charge is 2.33. The maximum atomic E-state index is 15.3. The lowest BCUT2D eigenvalue weighted by molar-refractivity contribution is 0.630. The molecule has 1 aliphatic heterocycles. The van der Waals surface area contributed by atoms with Gasteiger partial charge < -0.3 is 4.48 Å². The number of rotatable bonds is 5. The fraction of sp³-hybridized carbons (Fsp3) is 0. The maximum Gasteiger partial charge on any atom is 0.678 e. The van der Waals surface area contributed by atoms with Crippen molar-refractivity contribution < 1.29 is 8.63 Å². The van der Waals surface area contributed by atoms with Crippen molar-refractivity contribution in [3.05, 3.63) is 167 Å². The zero-order chi connectivity index (χ0) is 27.1. The zero-order valence-corrected chi connectivity index (χ0v) is 21.5. The van der Waals surface area contributed by atoms with Crippen LogP contribution in [0.3, 0.4) is 0 Å². The number of benzene rings is 5. The summed E-state index contributed by atoms with van der Waals surface area (Å²) in [7, 11) is -2.77. The van der Waals surface area contributed by atoms with Crippen LogP contribution in [0.1, 0.15) is 27.9 Å². The van der Waals surface area contributed by atoms with E-state index < -0.39 is 7.40 Å². The van der Waals surface area contributed by atoms with Crippen molar-refractivity contribution in [3.8, 4) is 11.3 Å². The molecule has 0 amide bonds. The summed E-state index contributed by atoms with van der Waals surface area (Å²) < 4.78 is 31.8. The first-order valence-electron chi connectivity index (χ1n) is 13.2. The molecule has 0 saturated carbocycles. The molecular weight excluding hydrogens is 497 g/mol. The average molecular weight is 520 g/mol. The van der Waals surface area contributed by atoms with Gasteiger partial charge in [-0.15, -0.1) is 0 Å². The molecule has 6 aromatic rings. The van der Waals surface area contributed by atoms with Gasteiger partial charge in [0, 0.05) is 38.7 Å². The maximum absolute atomic E-state index is 15.3.